The molecule has 1 aromatic rings. The monoisotopic (exact) mass is 243 g/mol. The molecule has 0 radical (unpaired) electrons. The maximum absolute atomic E-state index is 5.84. The van der Waals surface area contributed by atoms with Crippen molar-refractivity contribution in [2.75, 3.05) is 30.4 Å². The van der Waals surface area contributed by atoms with E-state index in [1.807, 2.05) is 0 Å². The van der Waals surface area contributed by atoms with Gasteiger partial charge in [0.05, 0.1) is 0 Å². The Morgan fingerprint density at radius 1 is 1.31 bits per heavy atom. The second-order valence-electron chi connectivity index (χ2n) is 3.91. The van der Waals surface area contributed by atoms with Crippen LogP contribution in [0.2, 0.25) is 5.28 Å². The summed E-state index contributed by atoms with van der Waals surface area (Å²) in [4.78, 5) is 14.5. The summed E-state index contributed by atoms with van der Waals surface area (Å²) in [6, 6.07) is 0. The van der Waals surface area contributed by atoms with Crippen LogP contribution in [-0.4, -0.2) is 35.1 Å². The number of hydrogen-bond donors (Lipinski definition) is 1. The summed E-state index contributed by atoms with van der Waals surface area (Å²) >= 11 is 5.84. The molecule has 0 saturated heterocycles. The Morgan fingerprint density at radius 2 is 2.00 bits per heavy atom. The summed E-state index contributed by atoms with van der Waals surface area (Å²) in [6.07, 6.45) is 0. The maximum atomic E-state index is 5.84. The van der Waals surface area contributed by atoms with Crippen molar-refractivity contribution in [2.24, 2.45) is 5.92 Å². The van der Waals surface area contributed by atoms with Crippen LogP contribution >= 0.6 is 11.6 Å². The van der Waals surface area contributed by atoms with Gasteiger partial charge in [-0.1, -0.05) is 13.8 Å². The molecule has 1 N–H and O–H groups in total. The number of nitrogens with one attached hydrogen (secondary N) is 1. The normalized spacial score (nSPS) is 10.6. The molecule has 1 heterocycles. The molecule has 5 nitrogen and oxygen atoms in total. The minimum atomic E-state index is 0.219. The van der Waals surface area contributed by atoms with Crippen molar-refractivity contribution < 1.29 is 0 Å². The summed E-state index contributed by atoms with van der Waals surface area (Å²) in [5.41, 5.74) is 0. The van der Waals surface area contributed by atoms with Crippen molar-refractivity contribution in [1.82, 2.24) is 15.0 Å². The number of aromatic nitrogens is 3. The fraction of sp³-hybridized carbons (Fsp3) is 0.700. The van der Waals surface area contributed by atoms with E-state index in [0.717, 1.165) is 13.1 Å². The molecule has 0 spiro atoms. The van der Waals surface area contributed by atoms with Gasteiger partial charge in [-0.2, -0.15) is 15.0 Å². The van der Waals surface area contributed by atoms with Crippen molar-refractivity contribution in [3.8, 4) is 0 Å². The van der Waals surface area contributed by atoms with E-state index in [2.05, 4.69) is 45.9 Å². The van der Waals surface area contributed by atoms with Gasteiger partial charge in [-0.3, -0.25) is 0 Å². The van der Waals surface area contributed by atoms with E-state index < -0.39 is 0 Å². The highest BCUT2D eigenvalue weighted by Crippen LogP contribution is 2.14. The van der Waals surface area contributed by atoms with Crippen molar-refractivity contribution in [1.29, 1.82) is 0 Å². The molecule has 0 aliphatic rings. The van der Waals surface area contributed by atoms with Gasteiger partial charge in [-0.05, 0) is 24.4 Å². The Balaban J connectivity index is 2.95. The van der Waals surface area contributed by atoms with Gasteiger partial charge in [-0.15, -0.1) is 0 Å². The molecule has 0 amide bonds. The highest BCUT2D eigenvalue weighted by molar-refractivity contribution is 6.28. The molecular formula is C10H18ClN5. The SMILES string of the molecule is CCN(CC(C)C)c1nc(Cl)nc(NC)n1. The molecule has 6 heteroatoms. The zero-order valence-corrected chi connectivity index (χ0v) is 10.9. The molecule has 0 aliphatic carbocycles. The van der Waals surface area contributed by atoms with Crippen LogP contribution in [0.1, 0.15) is 20.8 Å². The largest absolute Gasteiger partial charge is 0.357 e. The Hall–Kier alpha value is -1.10. The Labute approximate surface area is 101 Å². The van der Waals surface area contributed by atoms with Crippen LogP contribution in [-0.2, 0) is 0 Å². The zero-order valence-electron chi connectivity index (χ0n) is 10.2. The fourth-order valence-corrected chi connectivity index (χ4v) is 1.54. The first-order chi connectivity index (χ1) is 7.56. The quantitative estimate of drug-likeness (QED) is 0.858. The Morgan fingerprint density at radius 3 is 2.50 bits per heavy atom. The molecular weight excluding hydrogens is 226 g/mol. The van der Waals surface area contributed by atoms with Gasteiger partial charge in [0.1, 0.15) is 0 Å². The Bertz CT molecular complexity index is 342. The van der Waals surface area contributed by atoms with Gasteiger partial charge in [0.25, 0.3) is 0 Å². The number of rotatable bonds is 5. The topological polar surface area (TPSA) is 53.9 Å². The zero-order chi connectivity index (χ0) is 12.1. The van der Waals surface area contributed by atoms with Gasteiger partial charge < -0.3 is 10.2 Å². The molecule has 0 saturated carbocycles. The maximum Gasteiger partial charge on any atom is 0.231 e. The predicted molar refractivity (Wildman–Crippen MR) is 67.1 cm³/mol. The lowest BCUT2D eigenvalue weighted by Gasteiger charge is -2.22. The number of hydrogen-bond acceptors (Lipinski definition) is 5. The van der Waals surface area contributed by atoms with E-state index in [1.54, 1.807) is 7.05 Å². The van der Waals surface area contributed by atoms with Gasteiger partial charge >= 0.3 is 0 Å². The summed E-state index contributed by atoms with van der Waals surface area (Å²) in [5, 5.41) is 3.09. The molecule has 90 valence electrons. The molecule has 0 unspecified atom stereocenters. The molecule has 0 atom stereocenters. The van der Waals surface area contributed by atoms with Crippen molar-refractivity contribution in [3.05, 3.63) is 5.28 Å². The summed E-state index contributed by atoms with van der Waals surface area (Å²) in [6.45, 7) is 8.13. The Kier molecular flexibility index (Phi) is 4.73. The minimum absolute atomic E-state index is 0.219. The first-order valence-electron chi connectivity index (χ1n) is 5.41. The van der Waals surface area contributed by atoms with Crippen LogP contribution in [0.25, 0.3) is 0 Å². The molecule has 16 heavy (non-hydrogen) atoms. The summed E-state index contributed by atoms with van der Waals surface area (Å²) in [7, 11) is 1.76. The second kappa shape index (κ2) is 5.84. The predicted octanol–water partition coefficient (Wildman–Crippen LogP) is 2.05. The van der Waals surface area contributed by atoms with Crippen molar-refractivity contribution in [2.45, 2.75) is 20.8 Å². The molecule has 0 bridgehead atoms. The fourth-order valence-electron chi connectivity index (χ4n) is 1.39. The van der Waals surface area contributed by atoms with Crippen molar-refractivity contribution >= 4 is 23.5 Å². The molecule has 1 rings (SSSR count). The summed E-state index contributed by atoms with van der Waals surface area (Å²) in [5.74, 6) is 1.67. The summed E-state index contributed by atoms with van der Waals surface area (Å²) < 4.78 is 0. The van der Waals surface area contributed by atoms with Crippen LogP contribution in [0.4, 0.5) is 11.9 Å². The van der Waals surface area contributed by atoms with Gasteiger partial charge in [0.2, 0.25) is 17.2 Å². The minimum Gasteiger partial charge on any atom is -0.357 e. The van der Waals surface area contributed by atoms with Gasteiger partial charge in [0.15, 0.2) is 0 Å². The lowest BCUT2D eigenvalue weighted by atomic mass is 10.2. The molecule has 0 aromatic carbocycles. The van der Waals surface area contributed by atoms with E-state index in [0.29, 0.717) is 17.8 Å². The standard InChI is InChI=1S/C10H18ClN5/c1-5-16(6-7(2)3)10-14-8(11)13-9(12-4)15-10/h7H,5-6H2,1-4H3,(H,12,13,14,15). The van der Waals surface area contributed by atoms with Gasteiger partial charge in [0, 0.05) is 20.1 Å². The highest BCUT2D eigenvalue weighted by atomic mass is 35.5. The molecule has 0 fully saturated rings. The van der Waals surface area contributed by atoms with Crippen LogP contribution in [0.3, 0.4) is 0 Å². The first-order valence-corrected chi connectivity index (χ1v) is 5.78. The first kappa shape index (κ1) is 13.0. The lowest BCUT2D eigenvalue weighted by Crippen LogP contribution is -2.29. The molecule has 0 aliphatic heterocycles. The average molecular weight is 244 g/mol. The molecule has 1 aromatic heterocycles. The van der Waals surface area contributed by atoms with Crippen LogP contribution in [0.15, 0.2) is 0 Å². The third kappa shape index (κ3) is 3.48. The lowest BCUT2D eigenvalue weighted by molar-refractivity contribution is 0.608. The van der Waals surface area contributed by atoms with Crippen LogP contribution < -0.4 is 10.2 Å². The van der Waals surface area contributed by atoms with Gasteiger partial charge in [-0.25, -0.2) is 0 Å². The third-order valence-electron chi connectivity index (χ3n) is 2.07. The average Bonchev–Trinajstić information content (AvgIpc) is 2.24. The van der Waals surface area contributed by atoms with E-state index in [9.17, 15) is 0 Å². The van der Waals surface area contributed by atoms with Crippen LogP contribution in [0.5, 0.6) is 0 Å². The number of halogens is 1. The number of anilines is 2. The van der Waals surface area contributed by atoms with Crippen molar-refractivity contribution in [3.63, 3.8) is 0 Å². The van der Waals surface area contributed by atoms with E-state index in [4.69, 9.17) is 11.6 Å². The third-order valence-corrected chi connectivity index (χ3v) is 2.24. The van der Waals surface area contributed by atoms with E-state index in [-0.39, 0.29) is 5.28 Å². The van der Waals surface area contributed by atoms with E-state index >= 15 is 0 Å². The van der Waals surface area contributed by atoms with E-state index in [1.165, 1.54) is 0 Å². The smallest absolute Gasteiger partial charge is 0.231 e. The second-order valence-corrected chi connectivity index (χ2v) is 4.25. The van der Waals surface area contributed by atoms with Crippen LogP contribution in [0, 0.1) is 5.92 Å². The number of nitrogens with zero attached hydrogens (tertiary/aromatic N) is 4. The highest BCUT2D eigenvalue weighted by Gasteiger charge is 2.12.